The number of carbonyl (C=O) groups is 1. The number of urea groups is 1. The van der Waals surface area contributed by atoms with E-state index < -0.39 is 21.9 Å². The highest BCUT2D eigenvalue weighted by atomic mass is 35.5. The molecular weight excluding hydrogens is 450 g/mol. The highest BCUT2D eigenvalue weighted by Gasteiger charge is 2.43. The molecule has 0 saturated heterocycles. The summed E-state index contributed by atoms with van der Waals surface area (Å²) in [6.45, 7) is 1.65. The van der Waals surface area contributed by atoms with E-state index in [0.29, 0.717) is 16.1 Å². The lowest BCUT2D eigenvalue weighted by atomic mass is 10.1. The van der Waals surface area contributed by atoms with Crippen LogP contribution in [0.25, 0.3) is 0 Å². The van der Waals surface area contributed by atoms with Crippen LogP contribution < -0.4 is 9.21 Å². The topological polar surface area (TPSA) is 57.7 Å². The molecular formula is C21H15Cl2FN2O3S. The largest absolute Gasteiger partial charge is 0.343 e. The molecule has 4 rings (SSSR count). The van der Waals surface area contributed by atoms with Crippen LogP contribution in [0.2, 0.25) is 10.0 Å². The van der Waals surface area contributed by atoms with Crippen LogP contribution in [0.1, 0.15) is 11.1 Å². The van der Waals surface area contributed by atoms with E-state index in [-0.39, 0.29) is 27.8 Å². The van der Waals surface area contributed by atoms with Gasteiger partial charge in [0.25, 0.3) is 10.0 Å². The summed E-state index contributed by atoms with van der Waals surface area (Å²) in [6, 6.07) is 14.0. The fourth-order valence-corrected chi connectivity index (χ4v) is 5.36. The Morgan fingerprint density at radius 1 is 0.967 bits per heavy atom. The van der Waals surface area contributed by atoms with Crippen molar-refractivity contribution in [3.63, 3.8) is 0 Å². The first kappa shape index (κ1) is 20.7. The van der Waals surface area contributed by atoms with E-state index in [1.165, 1.54) is 29.2 Å². The number of amides is 2. The van der Waals surface area contributed by atoms with Gasteiger partial charge in [0, 0.05) is 10.0 Å². The van der Waals surface area contributed by atoms with Crippen LogP contribution >= 0.6 is 23.2 Å². The Balaban J connectivity index is 1.90. The molecule has 0 saturated carbocycles. The van der Waals surface area contributed by atoms with E-state index in [0.717, 1.165) is 10.4 Å². The lowest BCUT2D eigenvalue weighted by molar-refractivity contribution is 0.253. The quantitative estimate of drug-likeness (QED) is 0.493. The maximum Gasteiger partial charge on any atom is 0.343 e. The molecule has 0 N–H and O–H groups in total. The van der Waals surface area contributed by atoms with Crippen molar-refractivity contribution in [2.24, 2.45) is 0 Å². The normalized spacial score (nSPS) is 15.3. The van der Waals surface area contributed by atoms with Gasteiger partial charge < -0.3 is 0 Å². The predicted octanol–water partition coefficient (Wildman–Crippen LogP) is 5.78. The molecule has 0 aromatic heterocycles. The van der Waals surface area contributed by atoms with Crippen molar-refractivity contribution in [1.29, 1.82) is 0 Å². The summed E-state index contributed by atoms with van der Waals surface area (Å²) in [5, 5.41) is 0.435. The van der Waals surface area contributed by atoms with Gasteiger partial charge in [-0.05, 0) is 54.4 Å². The number of rotatable bonds is 3. The second kappa shape index (κ2) is 7.58. The molecule has 30 heavy (non-hydrogen) atoms. The van der Waals surface area contributed by atoms with Crippen molar-refractivity contribution in [1.82, 2.24) is 0 Å². The van der Waals surface area contributed by atoms with Gasteiger partial charge in [-0.15, -0.1) is 0 Å². The number of fused-ring (bicyclic) bond motifs is 1. The Bertz CT molecular complexity index is 1280. The molecule has 0 unspecified atom stereocenters. The van der Waals surface area contributed by atoms with Crippen LogP contribution in [0.15, 0.2) is 65.6 Å². The summed E-state index contributed by atoms with van der Waals surface area (Å²) in [4.78, 5) is 14.7. The standard InChI is InChI=1S/C21H15Cl2FN2O3S/c1-13-6-8-15(22)10-19(13)26-21(27)25(12-14-7-9-16(24)11-17(14)23)18-4-2-3-5-20(18)30(26,28)29/h2-11H,12H2,1H3. The minimum atomic E-state index is -4.18. The van der Waals surface area contributed by atoms with Gasteiger partial charge in [-0.3, -0.25) is 4.90 Å². The number of sulfonamides is 1. The summed E-state index contributed by atoms with van der Waals surface area (Å²) in [6.07, 6.45) is 0. The molecule has 0 radical (unpaired) electrons. The summed E-state index contributed by atoms with van der Waals surface area (Å²) in [5.41, 5.74) is 1.43. The van der Waals surface area contributed by atoms with E-state index in [9.17, 15) is 17.6 Å². The van der Waals surface area contributed by atoms with Gasteiger partial charge in [0.1, 0.15) is 10.7 Å². The van der Waals surface area contributed by atoms with E-state index in [1.807, 2.05) is 0 Å². The molecule has 1 heterocycles. The number of hydrogen-bond donors (Lipinski definition) is 0. The van der Waals surface area contributed by atoms with E-state index in [2.05, 4.69) is 0 Å². The van der Waals surface area contributed by atoms with Gasteiger partial charge in [0.15, 0.2) is 0 Å². The van der Waals surface area contributed by atoms with Gasteiger partial charge in [0.05, 0.1) is 17.9 Å². The number of nitrogens with zero attached hydrogens (tertiary/aromatic N) is 2. The lowest BCUT2D eigenvalue weighted by Gasteiger charge is -2.37. The molecule has 0 spiro atoms. The first-order valence-electron chi connectivity index (χ1n) is 8.86. The number of aryl methyl sites for hydroxylation is 1. The molecule has 1 aliphatic heterocycles. The Kier molecular flexibility index (Phi) is 5.22. The minimum absolute atomic E-state index is 0.0257. The summed E-state index contributed by atoms with van der Waals surface area (Å²) in [7, 11) is -4.18. The predicted molar refractivity (Wildman–Crippen MR) is 115 cm³/mol. The maximum atomic E-state index is 13.5. The highest BCUT2D eigenvalue weighted by Crippen LogP contribution is 2.40. The van der Waals surface area contributed by atoms with Crippen LogP contribution in [-0.4, -0.2) is 14.4 Å². The van der Waals surface area contributed by atoms with Crippen molar-refractivity contribution in [2.75, 3.05) is 9.21 Å². The van der Waals surface area contributed by atoms with E-state index in [4.69, 9.17) is 23.2 Å². The highest BCUT2D eigenvalue weighted by molar-refractivity contribution is 7.94. The van der Waals surface area contributed by atoms with Gasteiger partial charge >= 0.3 is 6.03 Å². The van der Waals surface area contributed by atoms with Crippen LogP contribution in [-0.2, 0) is 16.6 Å². The van der Waals surface area contributed by atoms with Gasteiger partial charge in [0.2, 0.25) is 0 Å². The third-order valence-electron chi connectivity index (χ3n) is 4.81. The van der Waals surface area contributed by atoms with Crippen LogP contribution in [0.3, 0.4) is 0 Å². The molecule has 9 heteroatoms. The minimum Gasteiger partial charge on any atom is -0.287 e. The first-order chi connectivity index (χ1) is 14.2. The Labute approximate surface area is 183 Å². The molecule has 154 valence electrons. The van der Waals surface area contributed by atoms with E-state index >= 15 is 0 Å². The molecule has 3 aromatic carbocycles. The van der Waals surface area contributed by atoms with Crippen molar-refractivity contribution in [3.8, 4) is 0 Å². The second-order valence-corrected chi connectivity index (χ2v) is 9.37. The number of halogens is 3. The maximum absolute atomic E-state index is 13.5. The number of benzene rings is 3. The number of para-hydroxylation sites is 1. The summed E-state index contributed by atoms with van der Waals surface area (Å²) in [5.74, 6) is -0.507. The van der Waals surface area contributed by atoms with Crippen molar-refractivity contribution in [2.45, 2.75) is 18.4 Å². The Hall–Kier alpha value is -2.61. The second-order valence-electron chi connectivity index (χ2n) is 6.77. The number of anilines is 2. The van der Waals surface area contributed by atoms with Crippen molar-refractivity contribution >= 4 is 50.6 Å². The molecule has 0 atom stereocenters. The van der Waals surface area contributed by atoms with Crippen LogP contribution in [0.4, 0.5) is 20.6 Å². The zero-order valence-electron chi connectivity index (χ0n) is 15.6. The lowest BCUT2D eigenvalue weighted by Crippen LogP contribution is -2.51. The SMILES string of the molecule is Cc1ccc(Cl)cc1N1C(=O)N(Cc2ccc(F)cc2Cl)c2ccccc2S1(=O)=O. The Morgan fingerprint density at radius 3 is 2.43 bits per heavy atom. The van der Waals surface area contributed by atoms with Crippen LogP contribution in [0, 0.1) is 12.7 Å². The van der Waals surface area contributed by atoms with Crippen molar-refractivity contribution in [3.05, 3.63) is 87.7 Å². The van der Waals surface area contributed by atoms with E-state index in [1.54, 1.807) is 37.3 Å². The van der Waals surface area contributed by atoms with Crippen LogP contribution in [0.5, 0.6) is 0 Å². The summed E-state index contributed by atoms with van der Waals surface area (Å²) < 4.78 is 40.9. The van der Waals surface area contributed by atoms with Crippen molar-refractivity contribution < 1.29 is 17.6 Å². The van der Waals surface area contributed by atoms with Gasteiger partial charge in [-0.2, -0.15) is 4.31 Å². The molecule has 2 amide bonds. The fourth-order valence-electron chi connectivity index (χ4n) is 3.32. The monoisotopic (exact) mass is 464 g/mol. The third kappa shape index (κ3) is 3.43. The zero-order chi connectivity index (χ0) is 21.6. The first-order valence-corrected chi connectivity index (χ1v) is 11.1. The molecule has 0 bridgehead atoms. The molecule has 5 nitrogen and oxygen atoms in total. The number of carbonyl (C=O) groups excluding carboxylic acids is 1. The zero-order valence-corrected chi connectivity index (χ0v) is 18.0. The number of hydrogen-bond acceptors (Lipinski definition) is 3. The fraction of sp³-hybridized carbons (Fsp3) is 0.0952. The molecule has 0 aliphatic carbocycles. The average Bonchev–Trinajstić information content (AvgIpc) is 2.69. The third-order valence-corrected chi connectivity index (χ3v) is 7.13. The smallest absolute Gasteiger partial charge is 0.287 e. The molecule has 3 aromatic rings. The molecule has 1 aliphatic rings. The summed E-state index contributed by atoms with van der Waals surface area (Å²) >= 11 is 12.2. The molecule has 0 fully saturated rings. The van der Waals surface area contributed by atoms with Gasteiger partial charge in [-0.1, -0.05) is 47.5 Å². The average molecular weight is 465 g/mol. The Morgan fingerprint density at radius 2 is 1.70 bits per heavy atom. The van der Waals surface area contributed by atoms with Gasteiger partial charge in [-0.25, -0.2) is 17.6 Å².